The third kappa shape index (κ3) is 6.17. The predicted molar refractivity (Wildman–Crippen MR) is 188 cm³/mol. The van der Waals surface area contributed by atoms with E-state index in [-0.39, 0.29) is 21.1 Å². The van der Waals surface area contributed by atoms with Crippen LogP contribution in [0.3, 0.4) is 0 Å². The maximum absolute atomic E-state index is 6.47. The van der Waals surface area contributed by atoms with Gasteiger partial charge in [0, 0.05) is 35.0 Å². The summed E-state index contributed by atoms with van der Waals surface area (Å²) < 4.78 is 10.5. The van der Waals surface area contributed by atoms with Crippen molar-refractivity contribution in [1.82, 2.24) is 19.3 Å². The van der Waals surface area contributed by atoms with Crippen LogP contribution in [-0.4, -0.2) is 19.3 Å². The summed E-state index contributed by atoms with van der Waals surface area (Å²) in [7, 11) is 0. The number of benzene rings is 4. The summed E-state index contributed by atoms with van der Waals surface area (Å²) in [6.45, 7) is 13.2. The van der Waals surface area contributed by atoms with Crippen LogP contribution in [-0.2, 0) is 27.5 Å². The first-order chi connectivity index (χ1) is 22.3. The zero-order valence-corrected chi connectivity index (χ0v) is 29.9. The van der Waals surface area contributed by atoms with Gasteiger partial charge in [-0.05, 0) is 69.8 Å². The van der Waals surface area contributed by atoms with Crippen molar-refractivity contribution in [3.05, 3.63) is 132 Å². The molecule has 7 aromatic rings. The van der Waals surface area contributed by atoms with Gasteiger partial charge >= 0.3 is 21.1 Å². The standard InChI is InChI=1S/C41H38N4O.Pt/c1-7-29-17-18-42-40(21-29)45-38-14-9-8-11-36(38)37-16-15-32(23-39(37)45)46-33-20-28(6)19-31(22-33)44-25-30(24-43-44)41-34(26(2)3)12-10-13-35(41)27(4)5;/h8-21,24-27H,7H2,1-6H3;/q-2;+2. The summed E-state index contributed by atoms with van der Waals surface area (Å²) >= 11 is 0. The second-order valence-corrected chi connectivity index (χ2v) is 12.6. The van der Waals surface area contributed by atoms with E-state index in [1.807, 2.05) is 29.2 Å². The Labute approximate surface area is 291 Å². The van der Waals surface area contributed by atoms with Crippen molar-refractivity contribution in [2.45, 2.75) is 59.8 Å². The van der Waals surface area contributed by atoms with E-state index in [0.29, 0.717) is 23.3 Å². The Balaban J connectivity index is 0.00000386. The van der Waals surface area contributed by atoms with Gasteiger partial charge in [0.1, 0.15) is 5.82 Å². The van der Waals surface area contributed by atoms with Crippen LogP contribution in [0.5, 0.6) is 11.5 Å². The molecule has 238 valence electrons. The first-order valence-corrected chi connectivity index (χ1v) is 16.1. The molecule has 47 heavy (non-hydrogen) atoms. The monoisotopic (exact) mass is 797 g/mol. The van der Waals surface area contributed by atoms with E-state index < -0.39 is 0 Å². The fourth-order valence-electron chi connectivity index (χ4n) is 6.40. The van der Waals surface area contributed by atoms with Gasteiger partial charge in [0.15, 0.2) is 0 Å². The van der Waals surface area contributed by atoms with Crippen LogP contribution in [0, 0.1) is 19.1 Å². The van der Waals surface area contributed by atoms with Crippen molar-refractivity contribution < 1.29 is 25.8 Å². The smallest absolute Gasteiger partial charge is 0.509 e. The Morgan fingerprint density at radius 3 is 2.32 bits per heavy atom. The first kappa shape index (κ1) is 32.5. The minimum absolute atomic E-state index is 0. The topological polar surface area (TPSA) is 44.9 Å². The molecule has 0 spiro atoms. The summed E-state index contributed by atoms with van der Waals surface area (Å²) in [5.41, 5.74) is 10.2. The molecule has 3 heterocycles. The fourth-order valence-corrected chi connectivity index (χ4v) is 6.40. The van der Waals surface area contributed by atoms with Crippen molar-refractivity contribution in [3.63, 3.8) is 0 Å². The Morgan fingerprint density at radius 1 is 0.809 bits per heavy atom. The molecule has 3 aromatic heterocycles. The molecule has 0 amide bonds. The fraction of sp³-hybridized carbons (Fsp3) is 0.220. The average molecular weight is 798 g/mol. The van der Waals surface area contributed by atoms with Gasteiger partial charge in [0.05, 0.1) is 6.20 Å². The van der Waals surface area contributed by atoms with Crippen molar-refractivity contribution in [2.24, 2.45) is 0 Å². The van der Waals surface area contributed by atoms with Crippen molar-refractivity contribution in [3.8, 4) is 34.1 Å². The van der Waals surface area contributed by atoms with Gasteiger partial charge in [-0.25, -0.2) is 4.98 Å². The number of aromatic nitrogens is 4. The van der Waals surface area contributed by atoms with E-state index in [0.717, 1.165) is 50.9 Å². The van der Waals surface area contributed by atoms with E-state index in [1.54, 1.807) is 0 Å². The van der Waals surface area contributed by atoms with Gasteiger partial charge in [-0.2, -0.15) is 16.7 Å². The maximum atomic E-state index is 6.47. The molecule has 0 saturated heterocycles. The molecule has 0 saturated carbocycles. The van der Waals surface area contributed by atoms with Gasteiger partial charge in [-0.1, -0.05) is 83.5 Å². The van der Waals surface area contributed by atoms with E-state index in [9.17, 15) is 0 Å². The summed E-state index contributed by atoms with van der Waals surface area (Å²) in [5, 5.41) is 7.05. The second kappa shape index (κ2) is 13.3. The average Bonchev–Trinajstić information content (AvgIpc) is 3.67. The quantitative estimate of drug-likeness (QED) is 0.144. The van der Waals surface area contributed by atoms with Gasteiger partial charge in [0.2, 0.25) is 0 Å². The van der Waals surface area contributed by atoms with E-state index in [1.165, 1.54) is 22.3 Å². The summed E-state index contributed by atoms with van der Waals surface area (Å²) in [5.74, 6) is 2.91. The van der Waals surface area contributed by atoms with Crippen LogP contribution in [0.15, 0.2) is 97.5 Å². The molecule has 6 heteroatoms. The third-order valence-electron chi connectivity index (χ3n) is 8.69. The Bertz CT molecular complexity index is 2180. The van der Waals surface area contributed by atoms with Gasteiger partial charge in [-0.3, -0.25) is 4.68 Å². The minimum atomic E-state index is 0. The zero-order chi connectivity index (χ0) is 31.9. The van der Waals surface area contributed by atoms with E-state index in [2.05, 4.69) is 131 Å². The SMILES string of the molecule is CCc1ccnc(-n2c3[c-]c(Oc4[c-]c(-n5cc(-c6c(C(C)C)cccc6C(C)C)cn5)cc(C)c4)ccc3c3ccccc32)c1.[Pt+2]. The molecule has 0 fully saturated rings. The number of rotatable bonds is 8. The van der Waals surface area contributed by atoms with Crippen LogP contribution in [0.4, 0.5) is 0 Å². The molecule has 0 aliphatic heterocycles. The molecule has 4 aromatic carbocycles. The van der Waals surface area contributed by atoms with Gasteiger partial charge < -0.3 is 9.30 Å². The maximum Gasteiger partial charge on any atom is 2.00 e. The molecule has 7 rings (SSSR count). The van der Waals surface area contributed by atoms with Crippen molar-refractivity contribution >= 4 is 21.8 Å². The van der Waals surface area contributed by atoms with Crippen LogP contribution >= 0.6 is 0 Å². The molecule has 0 aliphatic rings. The Kier molecular flexibility index (Phi) is 9.21. The molecule has 0 atom stereocenters. The zero-order valence-electron chi connectivity index (χ0n) is 27.6. The normalized spacial score (nSPS) is 11.5. The Morgan fingerprint density at radius 2 is 1.57 bits per heavy atom. The summed E-state index contributed by atoms with van der Waals surface area (Å²) in [6.07, 6.45) is 6.89. The van der Waals surface area contributed by atoms with Crippen LogP contribution in [0.25, 0.3) is 44.4 Å². The number of aryl methyl sites for hydroxylation is 2. The summed E-state index contributed by atoms with van der Waals surface area (Å²) in [6, 6.07) is 34.5. The minimum Gasteiger partial charge on any atom is -0.509 e. The number of hydrogen-bond donors (Lipinski definition) is 0. The largest absolute Gasteiger partial charge is 2.00 e. The van der Waals surface area contributed by atoms with Crippen LogP contribution in [0.1, 0.15) is 68.7 Å². The number of pyridine rings is 1. The third-order valence-corrected chi connectivity index (χ3v) is 8.69. The van der Waals surface area contributed by atoms with E-state index in [4.69, 9.17) is 14.8 Å². The molecular weight excluding hydrogens is 760 g/mol. The first-order valence-electron chi connectivity index (χ1n) is 16.1. The van der Waals surface area contributed by atoms with Crippen molar-refractivity contribution in [1.29, 1.82) is 0 Å². The second-order valence-electron chi connectivity index (χ2n) is 12.6. The van der Waals surface area contributed by atoms with Gasteiger partial charge in [-0.15, -0.1) is 35.7 Å². The number of hydrogen-bond acceptors (Lipinski definition) is 3. The number of fused-ring (bicyclic) bond motifs is 3. The molecular formula is C41H38N4OPt. The molecule has 0 bridgehead atoms. The molecule has 0 unspecified atom stereocenters. The molecule has 0 aliphatic carbocycles. The van der Waals surface area contributed by atoms with Crippen LogP contribution < -0.4 is 4.74 Å². The van der Waals surface area contributed by atoms with Gasteiger partial charge in [0.25, 0.3) is 0 Å². The summed E-state index contributed by atoms with van der Waals surface area (Å²) in [4.78, 5) is 4.74. The van der Waals surface area contributed by atoms with E-state index >= 15 is 0 Å². The predicted octanol–water partition coefficient (Wildman–Crippen LogP) is 10.5. The molecule has 0 N–H and O–H groups in total. The number of ether oxygens (including phenoxy) is 1. The van der Waals surface area contributed by atoms with Crippen molar-refractivity contribution in [2.75, 3.05) is 0 Å². The number of para-hydroxylation sites is 1. The number of nitrogens with zero attached hydrogens (tertiary/aromatic N) is 4. The Hall–Kier alpha value is -4.47. The molecule has 5 nitrogen and oxygen atoms in total. The molecule has 0 radical (unpaired) electrons. The van der Waals surface area contributed by atoms with Crippen LogP contribution in [0.2, 0.25) is 0 Å².